The normalized spacial score (nSPS) is 15.1. The molecule has 1 heterocycles. The van der Waals surface area contributed by atoms with Crippen LogP contribution in [0.2, 0.25) is 0 Å². The number of nitrogens with zero attached hydrogens (tertiary/aromatic N) is 1. The molecular formula is C11H18N2O. The first-order valence-electron chi connectivity index (χ1n) is 4.77. The molecule has 14 heavy (non-hydrogen) atoms. The first-order valence-corrected chi connectivity index (χ1v) is 4.77. The number of hydrogen-bond acceptors (Lipinski definition) is 3. The number of hydrogen-bond donors (Lipinski definition) is 1. The van der Waals surface area contributed by atoms with Crippen LogP contribution in [0.25, 0.3) is 0 Å². The fourth-order valence-electron chi connectivity index (χ4n) is 1.51. The van der Waals surface area contributed by atoms with Crippen LogP contribution in [0.15, 0.2) is 18.5 Å². The van der Waals surface area contributed by atoms with Gasteiger partial charge in [0.05, 0.1) is 0 Å². The van der Waals surface area contributed by atoms with Gasteiger partial charge in [0.25, 0.3) is 0 Å². The van der Waals surface area contributed by atoms with E-state index in [1.165, 1.54) is 5.56 Å². The Bertz CT molecular complexity index is 297. The van der Waals surface area contributed by atoms with E-state index < -0.39 is 0 Å². The largest absolute Gasteiger partial charge is 0.385 e. The van der Waals surface area contributed by atoms with Gasteiger partial charge in [0.2, 0.25) is 0 Å². The Kier molecular flexibility index (Phi) is 3.61. The average molecular weight is 194 g/mol. The van der Waals surface area contributed by atoms with Gasteiger partial charge in [-0.3, -0.25) is 4.98 Å². The highest BCUT2D eigenvalue weighted by molar-refractivity contribution is 5.28. The molecule has 0 saturated carbocycles. The van der Waals surface area contributed by atoms with E-state index in [-0.39, 0.29) is 5.54 Å². The van der Waals surface area contributed by atoms with Gasteiger partial charge in [-0.1, -0.05) is 0 Å². The number of methoxy groups -OCH3 is 1. The first kappa shape index (κ1) is 11.1. The summed E-state index contributed by atoms with van der Waals surface area (Å²) in [5.74, 6) is 0. The van der Waals surface area contributed by atoms with Gasteiger partial charge in [0.15, 0.2) is 0 Å². The number of ether oxygens (including phenoxy) is 1. The van der Waals surface area contributed by atoms with Gasteiger partial charge < -0.3 is 10.5 Å². The number of pyridine rings is 1. The van der Waals surface area contributed by atoms with Crippen molar-refractivity contribution in [2.75, 3.05) is 13.7 Å². The molecule has 0 radical (unpaired) electrons. The monoisotopic (exact) mass is 194 g/mol. The standard InChI is InChI=1S/C11H18N2O/c1-9-4-6-13-8-10(9)11(2,12)5-7-14-3/h4,6,8H,5,7,12H2,1-3H3. The quantitative estimate of drug-likeness (QED) is 0.792. The van der Waals surface area contributed by atoms with Crippen LogP contribution in [0.4, 0.5) is 0 Å². The SMILES string of the molecule is COCCC(C)(N)c1cnccc1C. The molecular weight excluding hydrogens is 176 g/mol. The van der Waals surface area contributed by atoms with Crippen molar-refractivity contribution >= 4 is 0 Å². The van der Waals surface area contributed by atoms with Crippen molar-refractivity contribution in [2.45, 2.75) is 25.8 Å². The molecule has 0 saturated heterocycles. The van der Waals surface area contributed by atoms with Gasteiger partial charge >= 0.3 is 0 Å². The lowest BCUT2D eigenvalue weighted by Gasteiger charge is -2.26. The lowest BCUT2D eigenvalue weighted by molar-refractivity contribution is 0.171. The summed E-state index contributed by atoms with van der Waals surface area (Å²) in [5.41, 5.74) is 8.13. The minimum Gasteiger partial charge on any atom is -0.385 e. The number of nitrogens with two attached hydrogens (primary N) is 1. The van der Waals surface area contributed by atoms with Crippen molar-refractivity contribution in [3.05, 3.63) is 29.6 Å². The molecule has 0 aliphatic carbocycles. The van der Waals surface area contributed by atoms with Crippen molar-refractivity contribution in [3.8, 4) is 0 Å². The molecule has 1 atom stereocenters. The van der Waals surface area contributed by atoms with E-state index >= 15 is 0 Å². The third-order valence-corrected chi connectivity index (χ3v) is 2.48. The van der Waals surface area contributed by atoms with Crippen molar-refractivity contribution in [2.24, 2.45) is 5.73 Å². The molecule has 1 unspecified atom stereocenters. The van der Waals surface area contributed by atoms with Gasteiger partial charge in [-0.25, -0.2) is 0 Å². The predicted molar refractivity (Wildman–Crippen MR) is 57.0 cm³/mol. The first-order chi connectivity index (χ1) is 6.58. The second kappa shape index (κ2) is 4.53. The zero-order chi connectivity index (χ0) is 10.6. The van der Waals surface area contributed by atoms with Gasteiger partial charge in [-0.05, 0) is 37.5 Å². The average Bonchev–Trinajstić information content (AvgIpc) is 2.15. The van der Waals surface area contributed by atoms with Crippen molar-refractivity contribution in [1.29, 1.82) is 0 Å². The van der Waals surface area contributed by atoms with Crippen LogP contribution in [0.5, 0.6) is 0 Å². The molecule has 0 amide bonds. The van der Waals surface area contributed by atoms with Crippen LogP contribution in [0.3, 0.4) is 0 Å². The van der Waals surface area contributed by atoms with Crippen molar-refractivity contribution < 1.29 is 4.74 Å². The maximum Gasteiger partial charge on any atom is 0.0483 e. The fraction of sp³-hybridized carbons (Fsp3) is 0.545. The van der Waals surface area contributed by atoms with Crippen LogP contribution >= 0.6 is 0 Å². The smallest absolute Gasteiger partial charge is 0.0483 e. The Morgan fingerprint density at radius 3 is 2.86 bits per heavy atom. The highest BCUT2D eigenvalue weighted by Gasteiger charge is 2.22. The molecule has 0 bridgehead atoms. The Balaban J connectivity index is 2.86. The summed E-state index contributed by atoms with van der Waals surface area (Å²) in [6.45, 7) is 4.73. The van der Waals surface area contributed by atoms with E-state index in [9.17, 15) is 0 Å². The van der Waals surface area contributed by atoms with E-state index in [0.29, 0.717) is 6.61 Å². The summed E-state index contributed by atoms with van der Waals surface area (Å²) in [6.07, 6.45) is 4.42. The second-order valence-electron chi connectivity index (χ2n) is 3.85. The summed E-state index contributed by atoms with van der Waals surface area (Å²) in [7, 11) is 1.69. The molecule has 0 spiro atoms. The van der Waals surface area contributed by atoms with E-state index in [0.717, 1.165) is 12.0 Å². The topological polar surface area (TPSA) is 48.1 Å². The fourth-order valence-corrected chi connectivity index (χ4v) is 1.51. The van der Waals surface area contributed by atoms with Crippen LogP contribution in [0.1, 0.15) is 24.5 Å². The maximum atomic E-state index is 6.20. The van der Waals surface area contributed by atoms with Crippen LogP contribution < -0.4 is 5.73 Å². The van der Waals surface area contributed by atoms with E-state index in [2.05, 4.69) is 11.9 Å². The molecule has 0 aliphatic heterocycles. The van der Waals surface area contributed by atoms with E-state index in [1.54, 1.807) is 13.3 Å². The number of aromatic nitrogens is 1. The molecule has 1 aromatic heterocycles. The third kappa shape index (κ3) is 2.53. The lowest BCUT2D eigenvalue weighted by atomic mass is 9.88. The summed E-state index contributed by atoms with van der Waals surface area (Å²) < 4.78 is 5.04. The van der Waals surface area contributed by atoms with Gasteiger partial charge in [0.1, 0.15) is 0 Å². The van der Waals surface area contributed by atoms with Crippen molar-refractivity contribution in [3.63, 3.8) is 0 Å². The summed E-state index contributed by atoms with van der Waals surface area (Å²) in [6, 6.07) is 1.98. The Hall–Kier alpha value is -0.930. The Morgan fingerprint density at radius 2 is 2.29 bits per heavy atom. The zero-order valence-corrected chi connectivity index (χ0v) is 9.08. The molecule has 3 nitrogen and oxygen atoms in total. The zero-order valence-electron chi connectivity index (χ0n) is 9.08. The van der Waals surface area contributed by atoms with E-state index in [4.69, 9.17) is 10.5 Å². The van der Waals surface area contributed by atoms with Crippen LogP contribution in [-0.2, 0) is 10.3 Å². The molecule has 1 aromatic rings. The molecule has 0 fully saturated rings. The third-order valence-electron chi connectivity index (χ3n) is 2.48. The highest BCUT2D eigenvalue weighted by atomic mass is 16.5. The molecule has 78 valence electrons. The minimum absolute atomic E-state index is 0.353. The lowest BCUT2D eigenvalue weighted by Crippen LogP contribution is -2.35. The highest BCUT2D eigenvalue weighted by Crippen LogP contribution is 2.23. The minimum atomic E-state index is -0.353. The maximum absolute atomic E-state index is 6.20. The van der Waals surface area contributed by atoms with Gasteiger partial charge in [-0.15, -0.1) is 0 Å². The van der Waals surface area contributed by atoms with Gasteiger partial charge in [0, 0.05) is 31.6 Å². The predicted octanol–water partition coefficient (Wildman–Crippen LogP) is 1.60. The number of aryl methyl sites for hydroxylation is 1. The molecule has 1 rings (SSSR count). The summed E-state index contributed by atoms with van der Waals surface area (Å²) in [5, 5.41) is 0. The van der Waals surface area contributed by atoms with Gasteiger partial charge in [-0.2, -0.15) is 0 Å². The number of rotatable bonds is 4. The van der Waals surface area contributed by atoms with Crippen LogP contribution in [0, 0.1) is 6.92 Å². The van der Waals surface area contributed by atoms with Crippen molar-refractivity contribution in [1.82, 2.24) is 4.98 Å². The molecule has 0 aliphatic rings. The van der Waals surface area contributed by atoms with E-state index in [1.807, 2.05) is 19.2 Å². The summed E-state index contributed by atoms with van der Waals surface area (Å²) >= 11 is 0. The Morgan fingerprint density at radius 1 is 1.57 bits per heavy atom. The molecule has 2 N–H and O–H groups in total. The second-order valence-corrected chi connectivity index (χ2v) is 3.85. The molecule has 3 heteroatoms. The molecule has 0 aromatic carbocycles. The van der Waals surface area contributed by atoms with Crippen LogP contribution in [-0.4, -0.2) is 18.7 Å². The summed E-state index contributed by atoms with van der Waals surface area (Å²) in [4.78, 5) is 4.10. The Labute approximate surface area is 85.3 Å².